The van der Waals surface area contributed by atoms with Crippen LogP contribution in [0.4, 0.5) is 0 Å². The van der Waals surface area contributed by atoms with Gasteiger partial charge in [-0.05, 0) is 71.3 Å². The lowest BCUT2D eigenvalue weighted by Gasteiger charge is -2.20. The highest BCUT2D eigenvalue weighted by atomic mass is 79.9. The fourth-order valence-corrected chi connectivity index (χ4v) is 3.65. The monoisotopic (exact) mass is 344 g/mol. The lowest BCUT2D eigenvalue weighted by Crippen LogP contribution is -2.09. The van der Waals surface area contributed by atoms with E-state index in [1.807, 2.05) is 37.3 Å². The molecule has 0 aromatic heterocycles. The Balaban J connectivity index is 2.13. The summed E-state index contributed by atoms with van der Waals surface area (Å²) >= 11 is 3.47. The molecule has 1 aliphatic carbocycles. The zero-order valence-corrected chi connectivity index (χ0v) is 13.5. The smallest absolute Gasteiger partial charge is 0.197 e. The van der Waals surface area contributed by atoms with E-state index in [2.05, 4.69) is 15.9 Å². The van der Waals surface area contributed by atoms with E-state index < -0.39 is 0 Å². The van der Waals surface area contributed by atoms with Gasteiger partial charge in [0.1, 0.15) is 5.75 Å². The molecular formula is C18H17BrO2. The summed E-state index contributed by atoms with van der Waals surface area (Å²) in [7, 11) is 0. The number of aryl methyl sites for hydroxylation is 2. The minimum absolute atomic E-state index is 0.0731. The Bertz CT molecular complexity index is 719. The summed E-state index contributed by atoms with van der Waals surface area (Å²) < 4.78 is 0.691. The number of halogens is 1. The third-order valence-corrected chi connectivity index (χ3v) is 5.05. The predicted octanol–water partition coefficient (Wildman–Crippen LogP) is 4.57. The van der Waals surface area contributed by atoms with E-state index in [1.54, 1.807) is 0 Å². The first kappa shape index (κ1) is 14.3. The van der Waals surface area contributed by atoms with E-state index in [0.29, 0.717) is 15.6 Å². The van der Waals surface area contributed by atoms with Gasteiger partial charge in [-0.1, -0.05) is 24.3 Å². The zero-order valence-electron chi connectivity index (χ0n) is 11.9. The summed E-state index contributed by atoms with van der Waals surface area (Å²) in [6, 6.07) is 9.37. The van der Waals surface area contributed by atoms with E-state index in [0.717, 1.165) is 36.8 Å². The molecule has 1 N–H and O–H groups in total. The molecule has 0 unspecified atom stereocenters. The molecule has 0 saturated carbocycles. The van der Waals surface area contributed by atoms with Crippen molar-refractivity contribution >= 4 is 21.7 Å². The number of benzene rings is 2. The summed E-state index contributed by atoms with van der Waals surface area (Å²) in [4.78, 5) is 12.7. The second-order valence-corrected chi connectivity index (χ2v) is 6.37. The molecular weight excluding hydrogens is 328 g/mol. The van der Waals surface area contributed by atoms with Gasteiger partial charge in [-0.3, -0.25) is 4.79 Å². The molecule has 2 aromatic rings. The summed E-state index contributed by atoms with van der Waals surface area (Å²) in [6.07, 6.45) is 4.21. The van der Waals surface area contributed by atoms with E-state index in [1.165, 1.54) is 5.56 Å². The molecule has 0 bridgehead atoms. The molecule has 2 nitrogen and oxygen atoms in total. The highest BCUT2D eigenvalue weighted by molar-refractivity contribution is 9.10. The minimum atomic E-state index is -0.111. The van der Waals surface area contributed by atoms with Crippen LogP contribution in [0.25, 0.3) is 0 Å². The third-order valence-electron chi connectivity index (χ3n) is 4.19. The topological polar surface area (TPSA) is 37.3 Å². The van der Waals surface area contributed by atoms with Gasteiger partial charge in [0, 0.05) is 5.56 Å². The second-order valence-electron chi connectivity index (χ2n) is 5.58. The molecule has 3 rings (SSSR count). The number of phenols is 1. The molecule has 0 radical (unpaired) electrons. The van der Waals surface area contributed by atoms with Crippen LogP contribution in [0.15, 0.2) is 34.8 Å². The predicted molar refractivity (Wildman–Crippen MR) is 87.1 cm³/mol. The molecule has 21 heavy (non-hydrogen) atoms. The van der Waals surface area contributed by atoms with Crippen LogP contribution in [0.3, 0.4) is 0 Å². The highest BCUT2D eigenvalue weighted by Gasteiger charge is 2.23. The SMILES string of the molecule is Cc1ccccc1C(=O)c1cc2c(c(Br)c1O)CCCC2. The fraction of sp³-hybridized carbons (Fsp3) is 0.278. The molecule has 0 atom stereocenters. The summed E-state index contributed by atoms with van der Waals surface area (Å²) in [6.45, 7) is 1.91. The van der Waals surface area contributed by atoms with E-state index >= 15 is 0 Å². The van der Waals surface area contributed by atoms with Crippen molar-refractivity contribution < 1.29 is 9.90 Å². The van der Waals surface area contributed by atoms with Crippen molar-refractivity contribution in [2.75, 3.05) is 0 Å². The first-order valence-corrected chi connectivity index (χ1v) is 8.02. The maximum Gasteiger partial charge on any atom is 0.197 e. The summed E-state index contributed by atoms with van der Waals surface area (Å²) in [5.74, 6) is -0.0384. The maximum atomic E-state index is 12.7. The van der Waals surface area contributed by atoms with Gasteiger partial charge in [0.2, 0.25) is 0 Å². The van der Waals surface area contributed by atoms with Crippen LogP contribution in [0.5, 0.6) is 5.75 Å². The number of hydrogen-bond donors (Lipinski definition) is 1. The van der Waals surface area contributed by atoms with Gasteiger partial charge in [-0.25, -0.2) is 0 Å². The first-order chi connectivity index (χ1) is 10.1. The average Bonchev–Trinajstić information content (AvgIpc) is 2.51. The van der Waals surface area contributed by atoms with Crippen LogP contribution in [0.1, 0.15) is 45.5 Å². The first-order valence-electron chi connectivity index (χ1n) is 7.23. The van der Waals surface area contributed by atoms with E-state index in [-0.39, 0.29) is 11.5 Å². The number of fused-ring (bicyclic) bond motifs is 1. The van der Waals surface area contributed by atoms with Crippen LogP contribution < -0.4 is 0 Å². The zero-order chi connectivity index (χ0) is 15.0. The summed E-state index contributed by atoms with van der Waals surface area (Å²) in [5, 5.41) is 10.4. The number of ketones is 1. The molecule has 0 spiro atoms. The lowest BCUT2D eigenvalue weighted by molar-refractivity contribution is 0.103. The van der Waals surface area contributed by atoms with Crippen LogP contribution in [-0.2, 0) is 12.8 Å². The van der Waals surface area contributed by atoms with Gasteiger partial charge in [0.15, 0.2) is 5.78 Å². The number of carbonyl (C=O) groups is 1. The van der Waals surface area contributed by atoms with Crippen molar-refractivity contribution in [3.63, 3.8) is 0 Å². The second kappa shape index (κ2) is 5.64. The molecule has 3 heteroatoms. The number of carbonyl (C=O) groups excluding carboxylic acids is 1. The Labute approximate surface area is 132 Å². The van der Waals surface area contributed by atoms with Crippen LogP contribution >= 0.6 is 15.9 Å². The molecule has 0 saturated heterocycles. The fourth-order valence-electron chi connectivity index (χ4n) is 2.99. The Morgan fingerprint density at radius 2 is 1.86 bits per heavy atom. The Hall–Kier alpha value is -1.61. The quantitative estimate of drug-likeness (QED) is 0.810. The maximum absolute atomic E-state index is 12.7. The summed E-state index contributed by atoms with van der Waals surface area (Å²) in [5.41, 5.74) is 4.31. The number of aromatic hydroxyl groups is 1. The van der Waals surface area contributed by atoms with Gasteiger partial charge < -0.3 is 5.11 Å². The van der Waals surface area contributed by atoms with Crippen molar-refractivity contribution in [1.29, 1.82) is 0 Å². The van der Waals surface area contributed by atoms with Crippen LogP contribution in [0.2, 0.25) is 0 Å². The molecule has 0 fully saturated rings. The van der Waals surface area contributed by atoms with Gasteiger partial charge in [0.05, 0.1) is 10.0 Å². The highest BCUT2D eigenvalue weighted by Crippen LogP contribution is 2.38. The molecule has 0 aliphatic heterocycles. The van der Waals surface area contributed by atoms with Crippen LogP contribution in [-0.4, -0.2) is 10.9 Å². The van der Waals surface area contributed by atoms with Crippen molar-refractivity contribution in [2.24, 2.45) is 0 Å². The van der Waals surface area contributed by atoms with Crippen LogP contribution in [0, 0.1) is 6.92 Å². The number of hydrogen-bond acceptors (Lipinski definition) is 2. The molecule has 0 heterocycles. The van der Waals surface area contributed by atoms with Crippen molar-refractivity contribution in [3.05, 3.63) is 62.6 Å². The van der Waals surface area contributed by atoms with E-state index in [9.17, 15) is 9.90 Å². The van der Waals surface area contributed by atoms with Crippen molar-refractivity contribution in [2.45, 2.75) is 32.6 Å². The molecule has 0 amide bonds. The Kier molecular flexibility index (Phi) is 3.85. The average molecular weight is 345 g/mol. The van der Waals surface area contributed by atoms with E-state index in [4.69, 9.17) is 0 Å². The van der Waals surface area contributed by atoms with Gasteiger partial charge in [-0.2, -0.15) is 0 Å². The van der Waals surface area contributed by atoms with Gasteiger partial charge in [-0.15, -0.1) is 0 Å². The minimum Gasteiger partial charge on any atom is -0.506 e. The largest absolute Gasteiger partial charge is 0.506 e. The standard InChI is InChI=1S/C18H17BrO2/c1-11-6-2-4-8-13(11)17(20)15-10-12-7-3-5-9-14(12)16(19)18(15)21/h2,4,6,8,10,21H,3,5,7,9H2,1H3. The van der Waals surface area contributed by atoms with Gasteiger partial charge in [0.25, 0.3) is 0 Å². The number of phenolic OH excluding ortho intramolecular Hbond substituents is 1. The molecule has 2 aromatic carbocycles. The molecule has 108 valence electrons. The Morgan fingerprint density at radius 1 is 1.14 bits per heavy atom. The Morgan fingerprint density at radius 3 is 2.62 bits per heavy atom. The third kappa shape index (κ3) is 2.51. The lowest BCUT2D eigenvalue weighted by atomic mass is 9.88. The molecule has 1 aliphatic rings. The normalized spacial score (nSPS) is 13.8. The van der Waals surface area contributed by atoms with Crippen molar-refractivity contribution in [3.8, 4) is 5.75 Å². The van der Waals surface area contributed by atoms with Crippen molar-refractivity contribution in [1.82, 2.24) is 0 Å². The van der Waals surface area contributed by atoms with Gasteiger partial charge >= 0.3 is 0 Å². The number of rotatable bonds is 2.